The predicted octanol–water partition coefficient (Wildman–Crippen LogP) is 1.89. The number of aryl methyl sites for hydroxylation is 1. The van der Waals surface area contributed by atoms with E-state index in [2.05, 4.69) is 32.6 Å². The smallest absolute Gasteiger partial charge is 0.228 e. The van der Waals surface area contributed by atoms with Crippen LogP contribution in [0.1, 0.15) is 12.1 Å². The van der Waals surface area contributed by atoms with E-state index in [4.69, 9.17) is 21.6 Å². The number of fused-ring (bicyclic) bond motifs is 1. The van der Waals surface area contributed by atoms with Gasteiger partial charge < -0.3 is 25.0 Å². The van der Waals surface area contributed by atoms with Gasteiger partial charge in [0.1, 0.15) is 11.4 Å². The van der Waals surface area contributed by atoms with Crippen molar-refractivity contribution in [2.24, 2.45) is 0 Å². The van der Waals surface area contributed by atoms with Crippen LogP contribution >= 0.6 is 11.6 Å². The molecule has 7 nitrogen and oxygen atoms in total. The SMILES string of the molecule is [O-][S+]1CCc2nc(N3CCN(c4ccc(Cl)cc4)CC3)nc(N[C@@H]3CCNC3)c21. The van der Waals surface area contributed by atoms with E-state index in [1.807, 2.05) is 12.1 Å². The van der Waals surface area contributed by atoms with Crippen LogP contribution in [0.25, 0.3) is 0 Å². The Morgan fingerprint density at radius 3 is 2.59 bits per heavy atom. The number of aromatic nitrogens is 2. The van der Waals surface area contributed by atoms with E-state index >= 15 is 0 Å². The summed E-state index contributed by atoms with van der Waals surface area (Å²) in [5, 5.41) is 7.66. The second-order valence-corrected chi connectivity index (χ2v) is 9.68. The van der Waals surface area contributed by atoms with Crippen molar-refractivity contribution in [1.82, 2.24) is 15.3 Å². The predicted molar refractivity (Wildman–Crippen MR) is 118 cm³/mol. The van der Waals surface area contributed by atoms with Crippen LogP contribution in [0.2, 0.25) is 5.02 Å². The third-order valence-electron chi connectivity index (χ3n) is 5.83. The fraction of sp³-hybridized carbons (Fsp3) is 0.500. The van der Waals surface area contributed by atoms with E-state index in [1.54, 1.807) is 0 Å². The summed E-state index contributed by atoms with van der Waals surface area (Å²) < 4.78 is 12.5. The van der Waals surface area contributed by atoms with Gasteiger partial charge in [0.2, 0.25) is 10.8 Å². The van der Waals surface area contributed by atoms with Crippen molar-refractivity contribution >= 4 is 40.2 Å². The molecule has 1 aromatic heterocycles. The number of halogens is 1. The van der Waals surface area contributed by atoms with Gasteiger partial charge in [0.15, 0.2) is 5.82 Å². The van der Waals surface area contributed by atoms with Gasteiger partial charge in [0, 0.05) is 55.9 Å². The van der Waals surface area contributed by atoms with E-state index in [-0.39, 0.29) is 0 Å². The topological polar surface area (TPSA) is 79.4 Å². The molecule has 0 radical (unpaired) electrons. The minimum atomic E-state index is -1.00. The molecule has 3 aliphatic heterocycles. The van der Waals surface area contributed by atoms with Gasteiger partial charge in [-0.2, -0.15) is 4.98 Å². The molecule has 0 bridgehead atoms. The summed E-state index contributed by atoms with van der Waals surface area (Å²) in [6.45, 7) is 5.45. The Balaban J connectivity index is 1.34. The summed E-state index contributed by atoms with van der Waals surface area (Å²) in [4.78, 5) is 15.1. The Morgan fingerprint density at radius 1 is 1.10 bits per heavy atom. The summed E-state index contributed by atoms with van der Waals surface area (Å²) in [6, 6.07) is 8.33. The van der Waals surface area contributed by atoms with Crippen LogP contribution in [-0.4, -0.2) is 65.6 Å². The molecule has 5 rings (SSSR count). The molecular weight excluding hydrogens is 408 g/mol. The molecule has 2 N–H and O–H groups in total. The molecule has 29 heavy (non-hydrogen) atoms. The van der Waals surface area contributed by atoms with Crippen LogP contribution in [0.5, 0.6) is 0 Å². The molecule has 9 heteroatoms. The molecular formula is C20H25ClN6OS. The second kappa shape index (κ2) is 8.18. The molecule has 0 saturated carbocycles. The zero-order valence-corrected chi connectivity index (χ0v) is 17.8. The van der Waals surface area contributed by atoms with Crippen molar-refractivity contribution in [3.63, 3.8) is 0 Å². The molecule has 1 aromatic carbocycles. The molecule has 0 aliphatic carbocycles. The standard InChI is InChI=1S/C20H25ClN6OS/c21-14-1-3-16(4-2-14)26-8-10-27(11-9-26)20-24-17-6-12-29(28)18(17)19(25-20)23-15-5-7-22-13-15/h1-4,15,22H,5-13H2,(H,23,24,25)/t15-,29?/m1/s1. The van der Waals surface area contributed by atoms with Crippen LogP contribution in [-0.2, 0) is 17.6 Å². The Bertz CT molecular complexity index is 868. The van der Waals surface area contributed by atoms with Crippen LogP contribution in [0.4, 0.5) is 17.5 Å². The number of benzene rings is 1. The van der Waals surface area contributed by atoms with Gasteiger partial charge in [0.25, 0.3) is 0 Å². The molecule has 3 aliphatic rings. The maximum atomic E-state index is 12.5. The van der Waals surface area contributed by atoms with Gasteiger partial charge in [-0.25, -0.2) is 4.98 Å². The molecule has 2 saturated heterocycles. The summed E-state index contributed by atoms with van der Waals surface area (Å²) in [6.07, 6.45) is 1.82. The molecule has 2 aromatic rings. The number of rotatable bonds is 4. The van der Waals surface area contributed by atoms with Gasteiger partial charge in [-0.1, -0.05) is 11.6 Å². The maximum Gasteiger partial charge on any atom is 0.228 e. The maximum absolute atomic E-state index is 12.5. The minimum Gasteiger partial charge on any atom is -0.611 e. The lowest BCUT2D eigenvalue weighted by Gasteiger charge is -2.36. The summed E-state index contributed by atoms with van der Waals surface area (Å²) >= 11 is 5.01. The van der Waals surface area contributed by atoms with Crippen molar-refractivity contribution in [1.29, 1.82) is 0 Å². The average Bonchev–Trinajstić information content (AvgIpc) is 3.39. The van der Waals surface area contributed by atoms with Crippen LogP contribution in [0.3, 0.4) is 0 Å². The summed E-state index contributed by atoms with van der Waals surface area (Å²) in [5.41, 5.74) is 2.14. The van der Waals surface area contributed by atoms with Gasteiger partial charge in [-0.05, 0) is 48.4 Å². The van der Waals surface area contributed by atoms with Crippen molar-refractivity contribution in [2.45, 2.75) is 23.8 Å². The van der Waals surface area contributed by atoms with Crippen molar-refractivity contribution in [2.75, 3.05) is 60.1 Å². The molecule has 0 spiro atoms. The van der Waals surface area contributed by atoms with Gasteiger partial charge in [-0.15, -0.1) is 0 Å². The molecule has 0 amide bonds. The third kappa shape index (κ3) is 3.99. The Kier molecular flexibility index (Phi) is 5.43. The van der Waals surface area contributed by atoms with Crippen molar-refractivity contribution < 1.29 is 4.55 Å². The fourth-order valence-corrected chi connectivity index (χ4v) is 5.65. The first-order valence-corrected chi connectivity index (χ1v) is 11.9. The largest absolute Gasteiger partial charge is 0.611 e. The highest BCUT2D eigenvalue weighted by molar-refractivity contribution is 7.91. The molecule has 2 fully saturated rings. The first kappa shape index (κ1) is 19.2. The molecule has 2 atom stereocenters. The minimum absolute atomic E-state index is 0.334. The number of nitrogens with one attached hydrogen (secondary N) is 2. The number of anilines is 3. The van der Waals surface area contributed by atoms with Crippen LogP contribution in [0.15, 0.2) is 29.2 Å². The monoisotopic (exact) mass is 432 g/mol. The quantitative estimate of drug-likeness (QED) is 0.714. The van der Waals surface area contributed by atoms with E-state index in [1.165, 1.54) is 5.69 Å². The van der Waals surface area contributed by atoms with E-state index in [0.717, 1.165) is 79.5 Å². The molecule has 4 heterocycles. The molecule has 154 valence electrons. The Hall–Kier alpha value is -1.74. The highest BCUT2D eigenvalue weighted by Crippen LogP contribution is 2.33. The summed E-state index contributed by atoms with van der Waals surface area (Å²) in [5.74, 6) is 2.18. The Morgan fingerprint density at radius 2 is 1.86 bits per heavy atom. The van der Waals surface area contributed by atoms with Gasteiger partial charge in [-0.3, -0.25) is 0 Å². The number of piperazine rings is 1. The second-order valence-electron chi connectivity index (χ2n) is 7.73. The van der Waals surface area contributed by atoms with Crippen LogP contribution < -0.4 is 20.4 Å². The van der Waals surface area contributed by atoms with Gasteiger partial charge in [0.05, 0.1) is 0 Å². The lowest BCUT2D eigenvalue weighted by Crippen LogP contribution is -2.47. The summed E-state index contributed by atoms with van der Waals surface area (Å²) in [7, 11) is 0. The first-order chi connectivity index (χ1) is 14.2. The zero-order valence-electron chi connectivity index (χ0n) is 16.2. The molecule has 1 unspecified atom stereocenters. The Labute approximate surface area is 179 Å². The lowest BCUT2D eigenvalue weighted by molar-refractivity contribution is 0.598. The number of hydrogen-bond acceptors (Lipinski definition) is 7. The highest BCUT2D eigenvalue weighted by Gasteiger charge is 2.34. The van der Waals surface area contributed by atoms with Crippen molar-refractivity contribution in [3.8, 4) is 0 Å². The number of hydrogen-bond donors (Lipinski definition) is 2. The highest BCUT2D eigenvalue weighted by atomic mass is 35.5. The van der Waals surface area contributed by atoms with E-state index < -0.39 is 11.2 Å². The van der Waals surface area contributed by atoms with E-state index in [9.17, 15) is 4.55 Å². The fourth-order valence-electron chi connectivity index (χ4n) is 4.21. The normalized spacial score (nSPS) is 24.1. The van der Waals surface area contributed by atoms with Gasteiger partial charge >= 0.3 is 0 Å². The lowest BCUT2D eigenvalue weighted by atomic mass is 10.2. The number of nitrogens with zero attached hydrogens (tertiary/aromatic N) is 4. The van der Waals surface area contributed by atoms with E-state index in [0.29, 0.717) is 11.8 Å². The van der Waals surface area contributed by atoms with Crippen LogP contribution in [0, 0.1) is 0 Å². The average molecular weight is 433 g/mol. The zero-order chi connectivity index (χ0) is 19.8. The first-order valence-electron chi connectivity index (χ1n) is 10.2. The van der Waals surface area contributed by atoms with Crippen molar-refractivity contribution in [3.05, 3.63) is 35.0 Å². The third-order valence-corrected chi connectivity index (χ3v) is 7.54.